The summed E-state index contributed by atoms with van der Waals surface area (Å²) >= 11 is 6.22. The lowest BCUT2D eigenvalue weighted by Gasteiger charge is -2.07. The first-order valence-corrected chi connectivity index (χ1v) is 9.27. The second-order valence-corrected chi connectivity index (χ2v) is 7.62. The Morgan fingerprint density at radius 1 is 0.960 bits per heavy atom. The van der Waals surface area contributed by atoms with Crippen molar-refractivity contribution in [3.63, 3.8) is 0 Å². The number of para-hydroxylation sites is 1. The molecule has 7 heteroatoms. The largest absolute Gasteiger partial charge is 0.268 e. The molecule has 0 unspecified atom stereocenters. The van der Waals surface area contributed by atoms with E-state index in [1.54, 1.807) is 48.7 Å². The Morgan fingerprint density at radius 2 is 1.68 bits per heavy atom. The van der Waals surface area contributed by atoms with Crippen LogP contribution < -0.4 is 0 Å². The summed E-state index contributed by atoms with van der Waals surface area (Å²) in [5.74, 6) is 0. The van der Waals surface area contributed by atoms with Crippen LogP contribution in [0.4, 0.5) is 0 Å². The van der Waals surface area contributed by atoms with E-state index in [-0.39, 0.29) is 4.90 Å². The van der Waals surface area contributed by atoms with Gasteiger partial charge in [0, 0.05) is 23.3 Å². The summed E-state index contributed by atoms with van der Waals surface area (Å²) < 4.78 is 27.4. The predicted octanol–water partition coefficient (Wildman–Crippen LogP) is 3.99. The molecule has 0 bridgehead atoms. The van der Waals surface area contributed by atoms with Gasteiger partial charge in [-0.2, -0.15) is 0 Å². The number of hydrogen-bond donors (Lipinski definition) is 0. The Morgan fingerprint density at radius 3 is 2.44 bits per heavy atom. The van der Waals surface area contributed by atoms with E-state index in [0.717, 1.165) is 5.39 Å². The van der Waals surface area contributed by atoms with E-state index in [9.17, 15) is 8.42 Å². The van der Waals surface area contributed by atoms with Gasteiger partial charge in [0.1, 0.15) is 6.33 Å². The number of aromatic nitrogens is 3. The first-order chi connectivity index (χ1) is 12.1. The van der Waals surface area contributed by atoms with Crippen LogP contribution in [0.1, 0.15) is 0 Å². The first kappa shape index (κ1) is 15.8. The van der Waals surface area contributed by atoms with Crippen LogP contribution in [0.25, 0.3) is 22.2 Å². The van der Waals surface area contributed by atoms with Crippen molar-refractivity contribution >= 4 is 32.5 Å². The summed E-state index contributed by atoms with van der Waals surface area (Å²) in [4.78, 5) is 8.32. The molecule has 25 heavy (non-hydrogen) atoms. The minimum atomic E-state index is -3.74. The van der Waals surface area contributed by atoms with Crippen molar-refractivity contribution in [1.29, 1.82) is 0 Å². The molecule has 2 aromatic carbocycles. The van der Waals surface area contributed by atoms with Crippen molar-refractivity contribution in [3.05, 3.63) is 78.3 Å². The van der Waals surface area contributed by atoms with Crippen molar-refractivity contribution in [1.82, 2.24) is 13.9 Å². The summed E-state index contributed by atoms with van der Waals surface area (Å²) in [7, 11) is -3.74. The van der Waals surface area contributed by atoms with Gasteiger partial charge < -0.3 is 0 Å². The Hall–Kier alpha value is -2.70. The molecule has 2 aromatic heterocycles. The van der Waals surface area contributed by atoms with Crippen LogP contribution in [-0.2, 0) is 10.0 Å². The van der Waals surface area contributed by atoms with Crippen LogP contribution in [-0.4, -0.2) is 22.4 Å². The Kier molecular flexibility index (Phi) is 3.78. The van der Waals surface area contributed by atoms with Gasteiger partial charge in [-0.25, -0.2) is 22.4 Å². The molecule has 4 aromatic rings. The molecule has 0 aliphatic rings. The van der Waals surface area contributed by atoms with Crippen molar-refractivity contribution in [2.45, 2.75) is 4.90 Å². The van der Waals surface area contributed by atoms with Gasteiger partial charge in [0.15, 0.2) is 0 Å². The fourth-order valence-electron chi connectivity index (χ4n) is 2.75. The monoisotopic (exact) mass is 369 g/mol. The van der Waals surface area contributed by atoms with Crippen molar-refractivity contribution in [2.24, 2.45) is 0 Å². The van der Waals surface area contributed by atoms with Crippen LogP contribution >= 0.6 is 11.6 Å². The number of hydrogen-bond acceptors (Lipinski definition) is 4. The average Bonchev–Trinajstić information content (AvgIpc) is 3.03. The van der Waals surface area contributed by atoms with E-state index in [2.05, 4.69) is 9.97 Å². The van der Waals surface area contributed by atoms with E-state index in [1.165, 1.54) is 16.5 Å². The van der Waals surface area contributed by atoms with Gasteiger partial charge in [-0.15, -0.1) is 0 Å². The summed E-state index contributed by atoms with van der Waals surface area (Å²) in [5, 5.41) is 1.12. The summed E-state index contributed by atoms with van der Waals surface area (Å²) in [6.07, 6.45) is 4.43. The highest BCUT2D eigenvalue weighted by Crippen LogP contribution is 2.34. The van der Waals surface area contributed by atoms with Crippen LogP contribution in [0.3, 0.4) is 0 Å². The molecule has 0 N–H and O–H groups in total. The zero-order valence-electron chi connectivity index (χ0n) is 12.9. The van der Waals surface area contributed by atoms with Crippen LogP contribution in [0.5, 0.6) is 0 Å². The molecule has 2 heterocycles. The quantitative estimate of drug-likeness (QED) is 0.547. The lowest BCUT2D eigenvalue weighted by molar-refractivity contribution is 0.589. The maximum atomic E-state index is 13.1. The number of rotatable bonds is 3. The smallest absolute Gasteiger partial charge is 0.243 e. The molecular formula is C18H12ClN3O2S. The number of nitrogens with zero attached hydrogens (tertiary/aromatic N) is 3. The first-order valence-electron chi connectivity index (χ1n) is 7.45. The lowest BCUT2D eigenvalue weighted by Crippen LogP contribution is -2.11. The number of halogens is 1. The molecule has 0 spiro atoms. The van der Waals surface area contributed by atoms with E-state index < -0.39 is 10.0 Å². The molecule has 4 rings (SSSR count). The van der Waals surface area contributed by atoms with Crippen molar-refractivity contribution in [2.75, 3.05) is 0 Å². The van der Waals surface area contributed by atoms with E-state index in [1.807, 2.05) is 12.1 Å². The van der Waals surface area contributed by atoms with E-state index in [0.29, 0.717) is 21.8 Å². The molecule has 0 atom stereocenters. The van der Waals surface area contributed by atoms with Crippen molar-refractivity contribution in [3.8, 4) is 11.3 Å². The molecular weight excluding hydrogens is 358 g/mol. The fraction of sp³-hybridized carbons (Fsp3) is 0. The molecule has 124 valence electrons. The van der Waals surface area contributed by atoms with E-state index >= 15 is 0 Å². The Labute approximate surface area is 149 Å². The van der Waals surface area contributed by atoms with Gasteiger partial charge in [0.05, 0.1) is 21.1 Å². The zero-order valence-corrected chi connectivity index (χ0v) is 14.4. The molecule has 0 fully saturated rings. The van der Waals surface area contributed by atoms with Gasteiger partial charge in [-0.3, -0.25) is 0 Å². The minimum Gasteiger partial charge on any atom is -0.243 e. The SMILES string of the molecule is O=S(=O)(c1ccccc1)n1cc(-c2ncncc2Cl)c2ccccc21. The zero-order chi connectivity index (χ0) is 17.4. The van der Waals surface area contributed by atoms with Gasteiger partial charge in [0.2, 0.25) is 0 Å². The second-order valence-electron chi connectivity index (χ2n) is 5.39. The van der Waals surface area contributed by atoms with Gasteiger partial charge in [0.25, 0.3) is 10.0 Å². The van der Waals surface area contributed by atoms with Crippen LogP contribution in [0.2, 0.25) is 5.02 Å². The maximum absolute atomic E-state index is 13.1. The summed E-state index contributed by atoms with van der Waals surface area (Å²) in [6, 6.07) is 15.6. The topological polar surface area (TPSA) is 64.8 Å². The number of fused-ring (bicyclic) bond motifs is 1. The fourth-order valence-corrected chi connectivity index (χ4v) is 4.35. The van der Waals surface area contributed by atoms with E-state index in [4.69, 9.17) is 11.6 Å². The molecule has 5 nitrogen and oxygen atoms in total. The highest BCUT2D eigenvalue weighted by atomic mass is 35.5. The lowest BCUT2D eigenvalue weighted by atomic mass is 10.1. The van der Waals surface area contributed by atoms with Gasteiger partial charge in [-0.1, -0.05) is 48.0 Å². The van der Waals surface area contributed by atoms with Crippen LogP contribution in [0.15, 0.2) is 78.2 Å². The third-order valence-electron chi connectivity index (χ3n) is 3.90. The normalized spacial score (nSPS) is 11.7. The Bertz CT molecular complexity index is 1170. The maximum Gasteiger partial charge on any atom is 0.268 e. The predicted molar refractivity (Wildman–Crippen MR) is 97.0 cm³/mol. The van der Waals surface area contributed by atoms with Gasteiger partial charge in [-0.05, 0) is 18.2 Å². The molecule has 0 amide bonds. The highest BCUT2D eigenvalue weighted by molar-refractivity contribution is 7.90. The third kappa shape index (κ3) is 2.59. The highest BCUT2D eigenvalue weighted by Gasteiger charge is 2.22. The Balaban J connectivity index is 2.03. The number of benzene rings is 2. The van der Waals surface area contributed by atoms with Crippen molar-refractivity contribution < 1.29 is 8.42 Å². The minimum absolute atomic E-state index is 0.219. The summed E-state index contributed by atoms with van der Waals surface area (Å²) in [6.45, 7) is 0. The molecule has 0 saturated heterocycles. The van der Waals surface area contributed by atoms with Gasteiger partial charge >= 0.3 is 0 Å². The molecule has 0 saturated carbocycles. The standard InChI is InChI=1S/C18H12ClN3O2S/c19-16-10-20-12-21-18(16)15-11-22(17-9-5-4-8-14(15)17)25(23,24)13-6-2-1-3-7-13/h1-12H. The third-order valence-corrected chi connectivity index (χ3v) is 5.87. The molecule has 0 radical (unpaired) electrons. The average molecular weight is 370 g/mol. The second kappa shape index (κ2) is 5.98. The summed E-state index contributed by atoms with van der Waals surface area (Å²) in [5.41, 5.74) is 1.70. The molecule has 0 aliphatic heterocycles. The van der Waals surface area contributed by atoms with Crippen LogP contribution in [0, 0.1) is 0 Å². The molecule has 0 aliphatic carbocycles.